The van der Waals surface area contributed by atoms with Gasteiger partial charge in [0.25, 0.3) is 0 Å². The molecular weight excluding hydrogens is 422 g/mol. The Labute approximate surface area is 185 Å². The molecule has 2 aliphatic heterocycles. The normalized spacial score (nSPS) is 31.0. The summed E-state index contributed by atoms with van der Waals surface area (Å²) in [6.45, 7) is 8.26. The van der Waals surface area contributed by atoms with E-state index in [1.807, 2.05) is 0 Å². The van der Waals surface area contributed by atoms with Crippen LogP contribution in [0.3, 0.4) is 0 Å². The molecule has 3 atom stereocenters. The number of rotatable bonds is 1. The van der Waals surface area contributed by atoms with Crippen LogP contribution in [-0.2, 0) is 17.1 Å². The van der Waals surface area contributed by atoms with Crippen LogP contribution in [0.15, 0.2) is 30.3 Å². The molecule has 0 spiro atoms. The first kappa shape index (κ1) is 23.4. The van der Waals surface area contributed by atoms with Crippen LogP contribution in [0, 0.1) is 0 Å². The molecule has 0 saturated carbocycles. The number of hydrogen-bond acceptors (Lipinski definition) is 4. The maximum atomic E-state index is 6.97. The van der Waals surface area contributed by atoms with Crippen LogP contribution in [0.1, 0.15) is 24.4 Å². The van der Waals surface area contributed by atoms with Gasteiger partial charge in [0.05, 0.1) is 0 Å². The average Bonchev–Trinajstić information content (AvgIpc) is 2.63. The van der Waals surface area contributed by atoms with E-state index in [0.717, 1.165) is 52.4 Å². The topological polar surface area (TPSA) is 13.0 Å². The predicted octanol–water partition coefficient (Wildman–Crippen LogP) is 3.13. The molecule has 4 nitrogen and oxygen atoms in total. The summed E-state index contributed by atoms with van der Waals surface area (Å²) in [5.41, 5.74) is 1.29. The third-order valence-corrected chi connectivity index (χ3v) is 6.63. The number of alkyl halides is 2. The van der Waals surface area contributed by atoms with Crippen molar-refractivity contribution in [1.82, 2.24) is 19.6 Å². The first-order chi connectivity index (χ1) is 12.5. The number of halogens is 2. The van der Waals surface area contributed by atoms with Gasteiger partial charge in [0.2, 0.25) is 0 Å². The van der Waals surface area contributed by atoms with Gasteiger partial charge in [0.1, 0.15) is 0 Å². The zero-order valence-electron chi connectivity index (χ0n) is 16.5. The number of likely N-dealkylation sites (N-methyl/N-ethyl adjacent to an activating group) is 2. The summed E-state index contributed by atoms with van der Waals surface area (Å²) >= 11 is 13.9. The molecule has 0 N–H and O–H groups in total. The summed E-state index contributed by atoms with van der Waals surface area (Å²) in [6, 6.07) is 10.9. The maximum Gasteiger partial charge on any atom is 2.00 e. The smallest absolute Gasteiger partial charge is 0.305 e. The van der Waals surface area contributed by atoms with E-state index in [0.29, 0.717) is 6.42 Å². The standard InChI is InChI=1S/C20H32Cl2N4.Mn/c1-23-9-6-10-25-13-12-24(2)19(18-7-4-3-5-8-18)17-20(21,22)26(15-11-23)16-14-25;/h3-5,7-8,19H,6,9-17H2,1-2H3;/q;+2. The van der Waals surface area contributed by atoms with Crippen molar-refractivity contribution in [3.05, 3.63) is 35.9 Å². The predicted molar refractivity (Wildman–Crippen MR) is 111 cm³/mol. The molecule has 27 heavy (non-hydrogen) atoms. The Bertz CT molecular complexity index is 560. The Morgan fingerprint density at radius 1 is 0.852 bits per heavy atom. The quantitative estimate of drug-likeness (QED) is 0.367. The minimum atomic E-state index is -0.863. The van der Waals surface area contributed by atoms with Gasteiger partial charge >= 0.3 is 17.1 Å². The van der Waals surface area contributed by atoms with Crippen LogP contribution in [0.5, 0.6) is 0 Å². The second kappa shape index (κ2) is 10.8. The molecule has 151 valence electrons. The molecular formula is C20H32Cl2MnN4+2. The van der Waals surface area contributed by atoms with Gasteiger partial charge in [0.15, 0.2) is 4.46 Å². The fourth-order valence-electron chi connectivity index (χ4n) is 4.02. The van der Waals surface area contributed by atoms with Crippen molar-refractivity contribution in [1.29, 1.82) is 0 Å². The van der Waals surface area contributed by atoms with Gasteiger partial charge in [-0.15, -0.1) is 0 Å². The van der Waals surface area contributed by atoms with Gasteiger partial charge in [-0.1, -0.05) is 53.5 Å². The van der Waals surface area contributed by atoms with E-state index in [-0.39, 0.29) is 23.1 Å². The molecule has 0 amide bonds. The zero-order chi connectivity index (χ0) is 18.6. The largest absolute Gasteiger partial charge is 2.00 e. The number of fused-ring (bicyclic) bond motifs is 3. The first-order valence-corrected chi connectivity index (χ1v) is 10.5. The third kappa shape index (κ3) is 6.58. The molecule has 0 aliphatic carbocycles. The van der Waals surface area contributed by atoms with E-state index in [9.17, 15) is 0 Å². The second-order valence-electron chi connectivity index (χ2n) is 7.76. The monoisotopic (exact) mass is 453 g/mol. The van der Waals surface area contributed by atoms with Gasteiger partial charge in [-0.3, -0.25) is 9.80 Å². The summed E-state index contributed by atoms with van der Waals surface area (Å²) in [5, 5.41) is 0. The maximum absolute atomic E-state index is 6.97. The molecule has 2 bridgehead atoms. The van der Waals surface area contributed by atoms with Crippen LogP contribution in [0.2, 0.25) is 0 Å². The van der Waals surface area contributed by atoms with Crippen LogP contribution < -0.4 is 0 Å². The fraction of sp³-hybridized carbons (Fsp3) is 0.700. The minimum Gasteiger partial charge on any atom is -0.305 e. The molecule has 1 radical (unpaired) electrons. The molecule has 2 heterocycles. The van der Waals surface area contributed by atoms with Crippen molar-refractivity contribution in [2.24, 2.45) is 0 Å². The summed E-state index contributed by atoms with van der Waals surface area (Å²) < 4.78 is -0.863. The van der Waals surface area contributed by atoms with E-state index < -0.39 is 4.46 Å². The van der Waals surface area contributed by atoms with Gasteiger partial charge < -0.3 is 9.80 Å². The van der Waals surface area contributed by atoms with Crippen molar-refractivity contribution in [2.75, 3.05) is 66.5 Å². The van der Waals surface area contributed by atoms with E-state index >= 15 is 0 Å². The van der Waals surface area contributed by atoms with Crippen LogP contribution >= 0.6 is 23.2 Å². The number of nitrogens with zero attached hydrogens (tertiary/aromatic N) is 4. The van der Waals surface area contributed by atoms with Crippen molar-refractivity contribution < 1.29 is 17.1 Å². The van der Waals surface area contributed by atoms with Crippen LogP contribution in [-0.4, -0.2) is 90.5 Å². The van der Waals surface area contributed by atoms with E-state index in [2.05, 4.69) is 64.0 Å². The van der Waals surface area contributed by atoms with Gasteiger partial charge in [0, 0.05) is 51.7 Å². The molecule has 3 unspecified atom stereocenters. The first-order valence-electron chi connectivity index (χ1n) is 9.75. The van der Waals surface area contributed by atoms with Crippen molar-refractivity contribution >= 4 is 23.2 Å². The summed E-state index contributed by atoms with van der Waals surface area (Å²) in [6.07, 6.45) is 1.93. The summed E-state index contributed by atoms with van der Waals surface area (Å²) in [5.74, 6) is 0. The van der Waals surface area contributed by atoms with Crippen molar-refractivity contribution in [3.8, 4) is 0 Å². The van der Waals surface area contributed by atoms with Crippen LogP contribution in [0.4, 0.5) is 0 Å². The Hall–Kier alpha value is 0.159. The minimum absolute atomic E-state index is 0. The Morgan fingerprint density at radius 3 is 2.26 bits per heavy atom. The van der Waals surface area contributed by atoms with Gasteiger partial charge in [-0.25, -0.2) is 0 Å². The third-order valence-electron chi connectivity index (χ3n) is 5.84. The SMILES string of the molecule is CN1CCCN2CCN(C)C(c3ccccc3)CC(Cl)(Cl)N(CC1)CC2.[Mn+2]. The van der Waals surface area contributed by atoms with E-state index in [4.69, 9.17) is 23.2 Å². The fourth-order valence-corrected chi connectivity index (χ4v) is 4.65. The Balaban J connectivity index is 0.00000261. The zero-order valence-corrected chi connectivity index (χ0v) is 19.2. The Kier molecular flexibility index (Phi) is 9.37. The Morgan fingerprint density at radius 2 is 1.52 bits per heavy atom. The van der Waals surface area contributed by atoms with E-state index in [1.165, 1.54) is 12.0 Å². The molecule has 2 fully saturated rings. The van der Waals surface area contributed by atoms with Crippen molar-refractivity contribution in [2.45, 2.75) is 23.3 Å². The summed E-state index contributed by atoms with van der Waals surface area (Å²) in [4.78, 5) is 9.66. The van der Waals surface area contributed by atoms with Gasteiger partial charge in [-0.2, -0.15) is 0 Å². The van der Waals surface area contributed by atoms with Crippen molar-refractivity contribution in [3.63, 3.8) is 0 Å². The molecule has 1 aromatic rings. The number of benzene rings is 1. The van der Waals surface area contributed by atoms with Crippen LogP contribution in [0.25, 0.3) is 0 Å². The van der Waals surface area contributed by atoms with E-state index in [1.54, 1.807) is 0 Å². The molecule has 2 aliphatic rings. The van der Waals surface area contributed by atoms with Gasteiger partial charge in [-0.05, 0) is 39.2 Å². The second-order valence-corrected chi connectivity index (χ2v) is 9.21. The average molecular weight is 454 g/mol. The molecule has 1 aromatic carbocycles. The summed E-state index contributed by atoms with van der Waals surface area (Å²) in [7, 11) is 4.39. The molecule has 3 rings (SSSR count). The number of hydrogen-bond donors (Lipinski definition) is 0. The molecule has 2 saturated heterocycles. The molecule has 0 aromatic heterocycles. The molecule has 7 heteroatoms.